The van der Waals surface area contributed by atoms with Crippen LogP contribution in [0.15, 0.2) is 115 Å². The maximum absolute atomic E-state index is 13.3. The molecular weight excluding hydrogens is 482 g/mol. The van der Waals surface area contributed by atoms with Crippen molar-refractivity contribution in [3.8, 4) is 11.6 Å². The van der Waals surface area contributed by atoms with Crippen molar-refractivity contribution in [2.45, 2.75) is 19.4 Å². The molecule has 1 heterocycles. The zero-order valence-electron chi connectivity index (χ0n) is 20.4. The van der Waals surface area contributed by atoms with Gasteiger partial charge in [-0.15, -0.1) is 0 Å². The number of nitrogens with zero attached hydrogens (tertiary/aromatic N) is 1. The normalized spacial score (nSPS) is 11.6. The molecule has 5 rings (SSSR count). The van der Waals surface area contributed by atoms with E-state index in [9.17, 15) is 14.7 Å². The van der Waals surface area contributed by atoms with E-state index in [1.165, 1.54) is 12.1 Å². The van der Waals surface area contributed by atoms with Gasteiger partial charge >= 0.3 is 11.9 Å². The number of fused-ring (bicyclic) bond motifs is 1. The SMILES string of the molecule is O=C(O)c1cccc(OCn2c(OC(C(=O)OCc3ccccc3)c3ccccc3)cc3ccccc32)c1. The lowest BCUT2D eigenvalue weighted by atomic mass is 10.1. The second-order valence-corrected chi connectivity index (χ2v) is 8.58. The minimum absolute atomic E-state index is 0.0342. The average molecular weight is 508 g/mol. The van der Waals surface area contributed by atoms with Crippen LogP contribution >= 0.6 is 0 Å². The van der Waals surface area contributed by atoms with Gasteiger partial charge in [0.1, 0.15) is 12.4 Å². The van der Waals surface area contributed by atoms with E-state index >= 15 is 0 Å². The molecule has 0 saturated heterocycles. The largest absolute Gasteiger partial charge is 0.478 e. The molecule has 0 amide bonds. The molecule has 1 N–H and O–H groups in total. The predicted octanol–water partition coefficient (Wildman–Crippen LogP) is 6.24. The van der Waals surface area contributed by atoms with E-state index in [4.69, 9.17) is 14.2 Å². The van der Waals surface area contributed by atoms with Crippen molar-refractivity contribution in [2.24, 2.45) is 0 Å². The van der Waals surface area contributed by atoms with E-state index in [1.54, 1.807) is 16.7 Å². The average Bonchev–Trinajstić information content (AvgIpc) is 3.31. The maximum atomic E-state index is 13.3. The Morgan fingerprint density at radius 2 is 1.50 bits per heavy atom. The number of benzene rings is 4. The van der Waals surface area contributed by atoms with Crippen LogP contribution in [0.5, 0.6) is 11.6 Å². The van der Waals surface area contributed by atoms with Crippen molar-refractivity contribution in [1.29, 1.82) is 0 Å². The van der Waals surface area contributed by atoms with Crippen molar-refractivity contribution in [3.05, 3.63) is 132 Å². The molecule has 1 unspecified atom stereocenters. The van der Waals surface area contributed by atoms with Gasteiger partial charge in [0.05, 0.1) is 11.1 Å². The minimum atomic E-state index is -1.04. The van der Waals surface area contributed by atoms with Gasteiger partial charge in [-0.05, 0) is 29.8 Å². The van der Waals surface area contributed by atoms with Crippen LogP contribution in [0.2, 0.25) is 0 Å². The minimum Gasteiger partial charge on any atom is -0.478 e. The topological polar surface area (TPSA) is 87.0 Å². The monoisotopic (exact) mass is 507 g/mol. The summed E-state index contributed by atoms with van der Waals surface area (Å²) >= 11 is 0. The van der Waals surface area contributed by atoms with Gasteiger partial charge in [-0.2, -0.15) is 0 Å². The van der Waals surface area contributed by atoms with Crippen molar-refractivity contribution in [2.75, 3.05) is 0 Å². The highest BCUT2D eigenvalue weighted by Crippen LogP contribution is 2.31. The first-order valence-electron chi connectivity index (χ1n) is 12.0. The van der Waals surface area contributed by atoms with Crippen molar-refractivity contribution < 1.29 is 28.9 Å². The number of carbonyl (C=O) groups is 2. The molecule has 1 atom stereocenters. The molecule has 0 aliphatic heterocycles. The number of para-hydroxylation sites is 1. The van der Waals surface area contributed by atoms with Crippen molar-refractivity contribution >= 4 is 22.8 Å². The summed E-state index contributed by atoms with van der Waals surface area (Å²) in [7, 11) is 0. The third-order valence-corrected chi connectivity index (χ3v) is 5.99. The molecular formula is C31H25NO6. The lowest BCUT2D eigenvalue weighted by Crippen LogP contribution is -2.23. The Morgan fingerprint density at radius 1 is 0.789 bits per heavy atom. The Balaban J connectivity index is 1.43. The predicted molar refractivity (Wildman–Crippen MR) is 142 cm³/mol. The molecule has 0 bridgehead atoms. The van der Waals surface area contributed by atoms with Crippen LogP contribution in [0.4, 0.5) is 0 Å². The van der Waals surface area contributed by atoms with E-state index in [2.05, 4.69) is 0 Å². The molecule has 0 aliphatic rings. The zero-order valence-corrected chi connectivity index (χ0v) is 20.4. The second-order valence-electron chi connectivity index (χ2n) is 8.58. The molecule has 7 heteroatoms. The Labute approximate surface area is 219 Å². The maximum Gasteiger partial charge on any atom is 0.352 e. The van der Waals surface area contributed by atoms with Crippen LogP contribution < -0.4 is 9.47 Å². The van der Waals surface area contributed by atoms with Crippen molar-refractivity contribution in [3.63, 3.8) is 0 Å². The summed E-state index contributed by atoms with van der Waals surface area (Å²) in [4.78, 5) is 24.6. The van der Waals surface area contributed by atoms with Gasteiger partial charge < -0.3 is 19.3 Å². The van der Waals surface area contributed by atoms with Crippen LogP contribution in [0.1, 0.15) is 27.6 Å². The number of hydrogen-bond donors (Lipinski definition) is 1. The van der Waals surface area contributed by atoms with Crippen LogP contribution in [0, 0.1) is 0 Å². The highest BCUT2D eigenvalue weighted by atomic mass is 16.6. The molecule has 0 aliphatic carbocycles. The summed E-state index contributed by atoms with van der Waals surface area (Å²) in [5, 5.41) is 10.2. The molecule has 0 saturated carbocycles. The molecule has 0 fully saturated rings. The number of aromatic carboxylic acids is 1. The first-order chi connectivity index (χ1) is 18.6. The van der Waals surface area contributed by atoms with Gasteiger partial charge in [0.25, 0.3) is 0 Å². The highest BCUT2D eigenvalue weighted by Gasteiger charge is 2.26. The summed E-state index contributed by atoms with van der Waals surface area (Å²) < 4.78 is 19.7. The zero-order chi connectivity index (χ0) is 26.3. The quantitative estimate of drug-likeness (QED) is 0.225. The third-order valence-electron chi connectivity index (χ3n) is 5.99. The number of esters is 1. The number of hydrogen-bond acceptors (Lipinski definition) is 5. The lowest BCUT2D eigenvalue weighted by molar-refractivity contribution is -0.154. The van der Waals surface area contributed by atoms with Crippen LogP contribution in [-0.2, 0) is 22.9 Å². The molecule has 0 spiro atoms. The Bertz CT molecular complexity index is 1550. The fraction of sp³-hybridized carbons (Fsp3) is 0.0968. The van der Waals surface area contributed by atoms with Gasteiger partial charge in [-0.1, -0.05) is 84.9 Å². The van der Waals surface area contributed by atoms with Crippen LogP contribution in [-0.4, -0.2) is 21.6 Å². The fourth-order valence-corrected chi connectivity index (χ4v) is 4.08. The van der Waals surface area contributed by atoms with E-state index in [-0.39, 0.29) is 18.9 Å². The molecule has 38 heavy (non-hydrogen) atoms. The summed E-state index contributed by atoms with van der Waals surface area (Å²) in [6, 6.07) is 34.4. The number of aromatic nitrogens is 1. The van der Waals surface area contributed by atoms with Gasteiger partial charge in [0.15, 0.2) is 12.6 Å². The van der Waals surface area contributed by atoms with E-state index in [0.29, 0.717) is 17.2 Å². The van der Waals surface area contributed by atoms with E-state index < -0.39 is 18.0 Å². The number of carboxylic acids is 1. The molecule has 0 radical (unpaired) electrons. The van der Waals surface area contributed by atoms with E-state index in [1.807, 2.05) is 91.0 Å². The summed E-state index contributed by atoms with van der Waals surface area (Å²) in [5.74, 6) is -0.751. The summed E-state index contributed by atoms with van der Waals surface area (Å²) in [5.41, 5.74) is 2.49. The van der Waals surface area contributed by atoms with Crippen LogP contribution in [0.3, 0.4) is 0 Å². The molecule has 190 valence electrons. The van der Waals surface area contributed by atoms with E-state index in [0.717, 1.165) is 16.5 Å². The Kier molecular flexibility index (Phi) is 7.36. The number of ether oxygens (including phenoxy) is 3. The number of carboxylic acid groups (broad SMARTS) is 1. The van der Waals surface area contributed by atoms with Gasteiger partial charge in [-0.25, -0.2) is 9.59 Å². The Hall–Kier alpha value is -5.04. The van der Waals surface area contributed by atoms with Gasteiger partial charge in [-0.3, -0.25) is 4.57 Å². The fourth-order valence-electron chi connectivity index (χ4n) is 4.08. The number of carbonyl (C=O) groups excluding carboxylic acids is 1. The highest BCUT2D eigenvalue weighted by molar-refractivity contribution is 5.88. The second kappa shape index (κ2) is 11.3. The van der Waals surface area contributed by atoms with Gasteiger partial charge in [0.2, 0.25) is 6.10 Å². The molecule has 5 aromatic rings. The summed E-state index contributed by atoms with van der Waals surface area (Å²) in [6.07, 6.45) is -1.02. The summed E-state index contributed by atoms with van der Waals surface area (Å²) in [6.45, 7) is 0.158. The van der Waals surface area contributed by atoms with Crippen molar-refractivity contribution in [1.82, 2.24) is 4.57 Å². The lowest BCUT2D eigenvalue weighted by Gasteiger charge is -2.20. The molecule has 1 aromatic heterocycles. The van der Waals surface area contributed by atoms with Gasteiger partial charge in [0, 0.05) is 17.0 Å². The molecule has 7 nitrogen and oxygen atoms in total. The van der Waals surface area contributed by atoms with Crippen LogP contribution in [0.25, 0.3) is 10.9 Å². The Morgan fingerprint density at radius 3 is 2.26 bits per heavy atom. The third kappa shape index (κ3) is 5.68. The standard InChI is InChI=1S/C31H25NO6/c33-30(34)25-15-9-16-26(18-25)37-21-32-27-17-8-7-14-24(27)19-28(32)38-29(23-12-5-2-6-13-23)31(35)36-20-22-10-3-1-4-11-22/h1-19,29H,20-21H2,(H,33,34). The first kappa shape index (κ1) is 24.6. The molecule has 4 aromatic carbocycles. The first-order valence-corrected chi connectivity index (χ1v) is 12.0. The smallest absolute Gasteiger partial charge is 0.352 e. The number of rotatable bonds is 10.